The quantitative estimate of drug-likeness (QED) is 0.732. The Bertz CT molecular complexity index is 390. The average molecular weight is 315 g/mol. The van der Waals surface area contributed by atoms with Crippen molar-refractivity contribution < 1.29 is 9.53 Å². The predicted octanol–water partition coefficient (Wildman–Crippen LogP) is 3.60. The molecule has 5 heteroatoms. The number of anilines is 1. The lowest BCUT2D eigenvalue weighted by Crippen LogP contribution is -2.22. The topological polar surface area (TPSA) is 64.3 Å². The van der Waals surface area contributed by atoms with Gasteiger partial charge < -0.3 is 15.8 Å². The zero-order valence-electron chi connectivity index (χ0n) is 12.9. The van der Waals surface area contributed by atoms with Gasteiger partial charge in [0.2, 0.25) is 5.91 Å². The third-order valence-corrected chi connectivity index (χ3v) is 3.15. The van der Waals surface area contributed by atoms with Gasteiger partial charge in [-0.25, -0.2) is 0 Å². The van der Waals surface area contributed by atoms with Crippen LogP contribution < -0.4 is 15.8 Å². The second kappa shape index (κ2) is 11.4. The first-order valence-electron chi connectivity index (χ1n) is 7.45. The molecule has 0 aliphatic carbocycles. The van der Waals surface area contributed by atoms with E-state index in [1.807, 2.05) is 24.3 Å². The number of hydrogen-bond donors (Lipinski definition) is 2. The van der Waals surface area contributed by atoms with Crippen molar-refractivity contribution in [1.82, 2.24) is 0 Å². The number of benzene rings is 1. The Kier molecular flexibility index (Phi) is 10.7. The third kappa shape index (κ3) is 7.34. The third-order valence-electron chi connectivity index (χ3n) is 3.15. The lowest BCUT2D eigenvalue weighted by molar-refractivity contribution is -0.120. The highest BCUT2D eigenvalue weighted by Gasteiger charge is 2.16. The van der Waals surface area contributed by atoms with Crippen LogP contribution in [0.2, 0.25) is 0 Å². The van der Waals surface area contributed by atoms with Crippen molar-refractivity contribution in [2.75, 3.05) is 18.5 Å². The van der Waals surface area contributed by atoms with Crippen LogP contribution in [0.1, 0.15) is 39.5 Å². The second-order valence-corrected chi connectivity index (χ2v) is 4.93. The van der Waals surface area contributed by atoms with Gasteiger partial charge in [-0.05, 0) is 37.1 Å². The minimum atomic E-state index is 0. The number of nitrogens with one attached hydrogen (secondary N) is 1. The van der Waals surface area contributed by atoms with E-state index in [9.17, 15) is 4.79 Å². The van der Waals surface area contributed by atoms with Crippen LogP contribution in [-0.2, 0) is 4.79 Å². The fourth-order valence-corrected chi connectivity index (χ4v) is 2.16. The fraction of sp³-hybridized carbons (Fsp3) is 0.562. The van der Waals surface area contributed by atoms with Gasteiger partial charge in [0.05, 0.1) is 0 Å². The summed E-state index contributed by atoms with van der Waals surface area (Å²) in [7, 11) is 0. The van der Waals surface area contributed by atoms with Gasteiger partial charge in [-0.2, -0.15) is 0 Å². The first-order valence-corrected chi connectivity index (χ1v) is 7.45. The van der Waals surface area contributed by atoms with Gasteiger partial charge in [-0.15, -0.1) is 12.4 Å². The highest BCUT2D eigenvalue weighted by atomic mass is 35.5. The Labute approximate surface area is 133 Å². The van der Waals surface area contributed by atoms with E-state index in [0.29, 0.717) is 13.2 Å². The molecule has 4 nitrogen and oxygen atoms in total. The summed E-state index contributed by atoms with van der Waals surface area (Å²) in [5.74, 6) is 0.995. The average Bonchev–Trinajstić information content (AvgIpc) is 2.46. The molecule has 0 radical (unpaired) electrons. The van der Waals surface area contributed by atoms with Crippen molar-refractivity contribution in [2.45, 2.75) is 39.5 Å². The van der Waals surface area contributed by atoms with Gasteiger partial charge in [-0.1, -0.05) is 26.7 Å². The molecule has 21 heavy (non-hydrogen) atoms. The molecular weight excluding hydrogens is 288 g/mol. The van der Waals surface area contributed by atoms with Gasteiger partial charge in [0.15, 0.2) is 0 Å². The number of carbonyl (C=O) groups is 1. The maximum atomic E-state index is 12.2. The molecule has 0 fully saturated rings. The molecule has 0 heterocycles. The molecule has 0 aromatic heterocycles. The van der Waals surface area contributed by atoms with Crippen LogP contribution in [0.4, 0.5) is 5.69 Å². The molecule has 1 rings (SSSR count). The fourth-order valence-electron chi connectivity index (χ4n) is 2.16. The minimum absolute atomic E-state index is 0. The van der Waals surface area contributed by atoms with Crippen molar-refractivity contribution >= 4 is 24.0 Å². The molecule has 0 bridgehead atoms. The molecular formula is C16H27ClN2O2. The van der Waals surface area contributed by atoms with Gasteiger partial charge in [0, 0.05) is 18.2 Å². The zero-order chi connectivity index (χ0) is 14.8. The van der Waals surface area contributed by atoms with E-state index in [4.69, 9.17) is 10.5 Å². The molecule has 0 saturated carbocycles. The second-order valence-electron chi connectivity index (χ2n) is 4.93. The minimum Gasteiger partial charge on any atom is -0.492 e. The summed E-state index contributed by atoms with van der Waals surface area (Å²) in [6, 6.07) is 7.41. The van der Waals surface area contributed by atoms with Crippen LogP contribution in [0.5, 0.6) is 5.75 Å². The van der Waals surface area contributed by atoms with Gasteiger partial charge >= 0.3 is 0 Å². The van der Waals surface area contributed by atoms with E-state index in [2.05, 4.69) is 19.2 Å². The number of halogens is 1. The number of ether oxygens (including phenoxy) is 1. The number of carbonyl (C=O) groups excluding carboxylic acids is 1. The predicted molar refractivity (Wildman–Crippen MR) is 90.2 cm³/mol. The summed E-state index contributed by atoms with van der Waals surface area (Å²) in [6.45, 7) is 5.22. The van der Waals surface area contributed by atoms with Gasteiger partial charge in [0.25, 0.3) is 0 Å². The number of rotatable bonds is 9. The van der Waals surface area contributed by atoms with Gasteiger partial charge in [-0.3, -0.25) is 4.79 Å². The molecule has 0 atom stereocenters. The van der Waals surface area contributed by atoms with Crippen LogP contribution in [-0.4, -0.2) is 19.1 Å². The molecule has 1 aromatic rings. The van der Waals surface area contributed by atoms with Gasteiger partial charge in [0.1, 0.15) is 12.4 Å². The number of hydrogen-bond acceptors (Lipinski definition) is 3. The summed E-state index contributed by atoms with van der Waals surface area (Å²) < 4.78 is 5.40. The van der Waals surface area contributed by atoms with Crippen LogP contribution >= 0.6 is 12.4 Å². The normalized spacial score (nSPS) is 10.1. The van der Waals surface area contributed by atoms with Crippen molar-refractivity contribution in [3.05, 3.63) is 24.3 Å². The molecule has 0 aliphatic heterocycles. The lowest BCUT2D eigenvalue weighted by Gasteiger charge is -2.15. The SMILES string of the molecule is CCCC(CCC)C(=O)Nc1ccc(OCCN)cc1.Cl. The van der Waals surface area contributed by atoms with E-state index in [1.54, 1.807) is 0 Å². The Morgan fingerprint density at radius 1 is 1.19 bits per heavy atom. The first-order chi connectivity index (χ1) is 9.71. The standard InChI is InChI=1S/C16H26N2O2.ClH/c1-3-5-13(6-4-2)16(19)18-14-7-9-15(10-8-14)20-12-11-17;/h7-10,13H,3-6,11-12,17H2,1-2H3,(H,18,19);1H. The Morgan fingerprint density at radius 3 is 2.24 bits per heavy atom. The smallest absolute Gasteiger partial charge is 0.227 e. The van der Waals surface area contributed by atoms with Crippen LogP contribution in [0.25, 0.3) is 0 Å². The van der Waals surface area contributed by atoms with E-state index in [-0.39, 0.29) is 24.2 Å². The molecule has 1 aromatic carbocycles. The number of nitrogens with two attached hydrogens (primary N) is 1. The van der Waals surface area contributed by atoms with Crippen LogP contribution in [0.3, 0.4) is 0 Å². The molecule has 0 saturated heterocycles. The van der Waals surface area contributed by atoms with E-state index >= 15 is 0 Å². The van der Waals surface area contributed by atoms with E-state index in [0.717, 1.165) is 37.1 Å². The van der Waals surface area contributed by atoms with E-state index in [1.165, 1.54) is 0 Å². The van der Waals surface area contributed by atoms with Crippen molar-refractivity contribution in [2.24, 2.45) is 11.7 Å². The summed E-state index contributed by atoms with van der Waals surface area (Å²) in [5.41, 5.74) is 6.19. The number of amides is 1. The van der Waals surface area contributed by atoms with Crippen LogP contribution in [0.15, 0.2) is 24.3 Å². The first kappa shape index (κ1) is 19.7. The summed E-state index contributed by atoms with van der Waals surface area (Å²) in [4.78, 5) is 12.2. The van der Waals surface area contributed by atoms with Crippen molar-refractivity contribution in [3.8, 4) is 5.75 Å². The maximum Gasteiger partial charge on any atom is 0.227 e. The molecule has 3 N–H and O–H groups in total. The van der Waals surface area contributed by atoms with Crippen molar-refractivity contribution in [1.29, 1.82) is 0 Å². The zero-order valence-corrected chi connectivity index (χ0v) is 13.7. The Balaban J connectivity index is 0.00000400. The van der Waals surface area contributed by atoms with Crippen LogP contribution in [0, 0.1) is 5.92 Å². The monoisotopic (exact) mass is 314 g/mol. The highest BCUT2D eigenvalue weighted by Crippen LogP contribution is 2.19. The highest BCUT2D eigenvalue weighted by molar-refractivity contribution is 5.92. The molecule has 0 aliphatic rings. The summed E-state index contributed by atoms with van der Waals surface area (Å²) >= 11 is 0. The summed E-state index contributed by atoms with van der Waals surface area (Å²) in [5, 5.41) is 2.98. The summed E-state index contributed by atoms with van der Waals surface area (Å²) in [6.07, 6.45) is 3.95. The molecule has 1 amide bonds. The Hall–Kier alpha value is -1.26. The molecule has 0 spiro atoms. The molecule has 0 unspecified atom stereocenters. The lowest BCUT2D eigenvalue weighted by atomic mass is 9.97. The molecule has 120 valence electrons. The maximum absolute atomic E-state index is 12.2. The van der Waals surface area contributed by atoms with Crippen molar-refractivity contribution in [3.63, 3.8) is 0 Å². The van der Waals surface area contributed by atoms with E-state index < -0.39 is 0 Å². The Morgan fingerprint density at radius 2 is 1.76 bits per heavy atom. The largest absolute Gasteiger partial charge is 0.492 e.